The molecule has 0 amide bonds. The molecule has 4 aromatic carbocycles. The van der Waals surface area contributed by atoms with E-state index in [4.69, 9.17) is 23.1 Å². The van der Waals surface area contributed by atoms with Crippen molar-refractivity contribution < 1.29 is 33.3 Å². The Labute approximate surface area is 327 Å². The third-order valence-electron chi connectivity index (χ3n) is 10.7. The summed E-state index contributed by atoms with van der Waals surface area (Å²) in [5.41, 5.74) is 1.93. The van der Waals surface area contributed by atoms with Gasteiger partial charge in [-0.2, -0.15) is 0 Å². The first-order valence-corrected chi connectivity index (χ1v) is 24.1. The van der Waals surface area contributed by atoms with E-state index in [0.717, 1.165) is 26.0 Å². The van der Waals surface area contributed by atoms with Gasteiger partial charge in [-0.1, -0.05) is 161 Å². The fourth-order valence-corrected chi connectivity index (χ4v) is 12.9. The lowest BCUT2D eigenvalue weighted by molar-refractivity contribution is -0.308. The highest BCUT2D eigenvalue weighted by Gasteiger charge is 2.55. The molecule has 4 aromatic rings. The van der Waals surface area contributed by atoms with E-state index in [1.54, 1.807) is 0 Å². The summed E-state index contributed by atoms with van der Waals surface area (Å²) in [4.78, 5) is 0. The number of halogens is 1. The summed E-state index contributed by atoms with van der Waals surface area (Å²) < 4.78 is 35.3. The van der Waals surface area contributed by atoms with Gasteiger partial charge >= 0.3 is 0 Å². The average molecular weight is 822 g/mol. The SMILES string of the molecule is CC(C)(C)[Si](C)(C)O[C@H]1[C@H](OCc2ccc(Br)cc2)[C@@H]([C@H](CO[Si](c2ccccc2)(c2ccccc2)C(C)(C)C)OCc2ccccc2)OC(O)[C@H]1O. The second kappa shape index (κ2) is 17.5. The molecule has 0 bridgehead atoms. The Morgan fingerprint density at radius 3 is 1.70 bits per heavy atom. The standard InChI is InChI=1S/C43H57BrO7Si2/c1-42(2,3)52(7,8)51-39-37(45)41(46)50-38(40(39)48-29-32-24-26-33(44)27-25-32)36(47-28-31-18-12-9-13-19-31)30-49-53(43(4,5)6,34-20-14-10-15-21-34)35-22-16-11-17-23-35/h9-27,36-41,45-46H,28-30H2,1-8H3/t36-,37-,38+,39+,40+,41?/m0/s1. The van der Waals surface area contributed by atoms with Gasteiger partial charge in [-0.15, -0.1) is 0 Å². The van der Waals surface area contributed by atoms with E-state index >= 15 is 0 Å². The maximum atomic E-state index is 11.6. The molecule has 10 heteroatoms. The molecule has 1 fully saturated rings. The van der Waals surface area contributed by atoms with E-state index in [0.29, 0.717) is 0 Å². The van der Waals surface area contributed by atoms with Crippen LogP contribution in [-0.4, -0.2) is 70.3 Å². The Bertz CT molecular complexity index is 1660. The summed E-state index contributed by atoms with van der Waals surface area (Å²) in [6, 6.07) is 38.9. The summed E-state index contributed by atoms with van der Waals surface area (Å²) in [7, 11) is -5.51. The van der Waals surface area contributed by atoms with Gasteiger partial charge in [0.1, 0.15) is 30.5 Å². The molecule has 286 valence electrons. The van der Waals surface area contributed by atoms with E-state index in [2.05, 4.69) is 119 Å². The van der Waals surface area contributed by atoms with Gasteiger partial charge in [0.05, 0.1) is 19.8 Å². The molecule has 1 heterocycles. The van der Waals surface area contributed by atoms with Gasteiger partial charge in [-0.3, -0.25) is 0 Å². The third kappa shape index (κ3) is 9.85. The molecule has 0 radical (unpaired) electrons. The fraction of sp³-hybridized carbons (Fsp3) is 0.442. The lowest BCUT2D eigenvalue weighted by atomic mass is 9.95. The molecule has 53 heavy (non-hydrogen) atoms. The lowest BCUT2D eigenvalue weighted by Gasteiger charge is -2.50. The van der Waals surface area contributed by atoms with Crippen LogP contribution < -0.4 is 10.4 Å². The Morgan fingerprint density at radius 1 is 0.679 bits per heavy atom. The molecule has 0 aromatic heterocycles. The quantitative estimate of drug-likeness (QED) is 0.125. The summed E-state index contributed by atoms with van der Waals surface area (Å²) in [6.45, 7) is 18.1. The smallest absolute Gasteiger partial charge is 0.261 e. The van der Waals surface area contributed by atoms with Crippen LogP contribution >= 0.6 is 15.9 Å². The highest BCUT2D eigenvalue weighted by atomic mass is 79.9. The van der Waals surface area contributed by atoms with Gasteiger partial charge in [0.2, 0.25) is 0 Å². The van der Waals surface area contributed by atoms with Crippen LogP contribution in [0, 0.1) is 0 Å². The maximum Gasteiger partial charge on any atom is 0.261 e. The van der Waals surface area contributed by atoms with Gasteiger partial charge in [-0.25, -0.2) is 0 Å². The van der Waals surface area contributed by atoms with Gasteiger partial charge in [0, 0.05) is 4.47 Å². The number of benzene rings is 4. The molecule has 1 aliphatic heterocycles. The lowest BCUT2D eigenvalue weighted by Crippen LogP contribution is -2.69. The second-order valence-electron chi connectivity index (χ2n) is 16.5. The van der Waals surface area contributed by atoms with Crippen molar-refractivity contribution in [3.8, 4) is 0 Å². The zero-order chi connectivity index (χ0) is 38.4. The number of hydrogen-bond acceptors (Lipinski definition) is 7. The number of aliphatic hydroxyl groups is 2. The van der Waals surface area contributed by atoms with E-state index in [-0.39, 0.29) is 29.9 Å². The number of hydrogen-bond donors (Lipinski definition) is 2. The van der Waals surface area contributed by atoms with Crippen molar-refractivity contribution in [3.05, 3.63) is 131 Å². The third-order valence-corrected chi connectivity index (χ3v) is 20.7. The zero-order valence-electron chi connectivity index (χ0n) is 32.4. The molecule has 1 unspecified atom stereocenters. The van der Waals surface area contributed by atoms with Crippen LogP contribution in [0.3, 0.4) is 0 Å². The van der Waals surface area contributed by atoms with Crippen LogP contribution in [0.25, 0.3) is 0 Å². The first-order chi connectivity index (χ1) is 25.0. The molecule has 1 aliphatic rings. The van der Waals surface area contributed by atoms with E-state index < -0.39 is 53.4 Å². The van der Waals surface area contributed by atoms with Crippen molar-refractivity contribution in [3.63, 3.8) is 0 Å². The molecule has 0 aliphatic carbocycles. The molecular weight excluding hydrogens is 765 g/mol. The van der Waals surface area contributed by atoms with Crippen LogP contribution in [-0.2, 0) is 36.3 Å². The second-order valence-corrected chi connectivity index (χ2v) is 26.5. The first-order valence-electron chi connectivity index (χ1n) is 18.5. The summed E-state index contributed by atoms with van der Waals surface area (Å²) in [5.74, 6) is 0. The van der Waals surface area contributed by atoms with Gasteiger partial charge in [0.15, 0.2) is 14.6 Å². The first kappa shape index (κ1) is 41.7. The van der Waals surface area contributed by atoms with Crippen molar-refractivity contribution in [1.29, 1.82) is 0 Å². The molecule has 7 nitrogen and oxygen atoms in total. The van der Waals surface area contributed by atoms with Crippen LogP contribution in [0.15, 0.2) is 120 Å². The molecule has 6 atom stereocenters. The predicted molar refractivity (Wildman–Crippen MR) is 220 cm³/mol. The van der Waals surface area contributed by atoms with E-state index in [1.165, 1.54) is 0 Å². The molecule has 5 rings (SSSR count). The summed E-state index contributed by atoms with van der Waals surface area (Å²) in [6.07, 6.45) is -6.16. The Hall–Kier alpha value is -2.49. The Morgan fingerprint density at radius 2 is 1.19 bits per heavy atom. The zero-order valence-corrected chi connectivity index (χ0v) is 36.0. The minimum absolute atomic E-state index is 0.137. The molecule has 0 saturated carbocycles. The van der Waals surface area contributed by atoms with Crippen molar-refractivity contribution >= 4 is 42.9 Å². The van der Waals surface area contributed by atoms with Crippen LogP contribution in [0.4, 0.5) is 0 Å². The molecule has 0 spiro atoms. The summed E-state index contributed by atoms with van der Waals surface area (Å²) in [5, 5.41) is 24.9. The van der Waals surface area contributed by atoms with Crippen molar-refractivity contribution in [1.82, 2.24) is 0 Å². The Balaban J connectivity index is 1.60. The van der Waals surface area contributed by atoms with Crippen LogP contribution in [0.5, 0.6) is 0 Å². The normalized spacial score (nSPS) is 22.1. The predicted octanol–water partition coefficient (Wildman–Crippen LogP) is 7.96. The van der Waals surface area contributed by atoms with Crippen molar-refractivity contribution in [2.75, 3.05) is 6.61 Å². The van der Waals surface area contributed by atoms with E-state index in [1.807, 2.05) is 66.7 Å². The van der Waals surface area contributed by atoms with Crippen LogP contribution in [0.1, 0.15) is 52.7 Å². The van der Waals surface area contributed by atoms with Gasteiger partial charge in [0.25, 0.3) is 8.32 Å². The largest absolute Gasteiger partial charge is 0.408 e. The molecule has 2 N–H and O–H groups in total. The van der Waals surface area contributed by atoms with Gasteiger partial charge in [-0.05, 0) is 56.8 Å². The Kier molecular flexibility index (Phi) is 13.8. The minimum atomic E-state index is -3.01. The number of ether oxygens (including phenoxy) is 3. The minimum Gasteiger partial charge on any atom is -0.408 e. The fourth-order valence-electron chi connectivity index (χ4n) is 6.76. The van der Waals surface area contributed by atoms with Gasteiger partial charge < -0.3 is 33.3 Å². The molecule has 1 saturated heterocycles. The summed E-state index contributed by atoms with van der Waals surface area (Å²) >= 11 is 3.53. The number of aliphatic hydroxyl groups excluding tert-OH is 2. The maximum absolute atomic E-state index is 11.6. The average Bonchev–Trinajstić information content (AvgIpc) is 3.12. The van der Waals surface area contributed by atoms with E-state index in [9.17, 15) is 10.2 Å². The topological polar surface area (TPSA) is 86.6 Å². The number of rotatable bonds is 14. The van der Waals surface area contributed by atoms with Crippen LogP contribution in [0.2, 0.25) is 23.2 Å². The highest BCUT2D eigenvalue weighted by molar-refractivity contribution is 9.10. The van der Waals surface area contributed by atoms with Crippen molar-refractivity contribution in [2.45, 2.75) is 115 Å². The van der Waals surface area contributed by atoms with Crippen molar-refractivity contribution in [2.24, 2.45) is 0 Å². The molecular formula is C43H57BrO7Si2. The highest BCUT2D eigenvalue weighted by Crippen LogP contribution is 2.41. The monoisotopic (exact) mass is 820 g/mol.